The number of carbonyl (C=O) groups excluding carboxylic acids is 1. The highest BCUT2D eigenvalue weighted by molar-refractivity contribution is 6.34. The van der Waals surface area contributed by atoms with Crippen LogP contribution in [0.1, 0.15) is 25.3 Å². The van der Waals surface area contributed by atoms with Crippen LogP contribution in [0.25, 0.3) is 0 Å². The molecule has 1 aliphatic heterocycles. The van der Waals surface area contributed by atoms with E-state index < -0.39 is 6.03 Å². The number of halogens is 1. The molecule has 2 amide bonds. The third-order valence-corrected chi connectivity index (χ3v) is 6.18. The lowest BCUT2D eigenvalue weighted by molar-refractivity contribution is 0.128. The zero-order valence-corrected chi connectivity index (χ0v) is 20.0. The van der Waals surface area contributed by atoms with Gasteiger partial charge in [0.15, 0.2) is 0 Å². The molecule has 34 heavy (non-hydrogen) atoms. The third-order valence-electron chi connectivity index (χ3n) is 5.87. The molecule has 4 rings (SSSR count). The number of anilines is 4. The molecule has 9 heteroatoms. The van der Waals surface area contributed by atoms with Crippen LogP contribution in [0.2, 0.25) is 5.02 Å². The summed E-state index contributed by atoms with van der Waals surface area (Å²) in [5, 5.41) is 12.5. The Balaban J connectivity index is 1.33. The number of carbonyl (C=O) groups is 1. The summed E-state index contributed by atoms with van der Waals surface area (Å²) in [6.45, 7) is 6.12. The van der Waals surface area contributed by atoms with Crippen LogP contribution < -0.4 is 26.0 Å². The van der Waals surface area contributed by atoms with Gasteiger partial charge in [0.25, 0.3) is 0 Å². The van der Waals surface area contributed by atoms with Crippen molar-refractivity contribution in [3.8, 4) is 5.75 Å². The van der Waals surface area contributed by atoms with Gasteiger partial charge in [0, 0.05) is 11.8 Å². The Morgan fingerprint density at radius 1 is 1.09 bits per heavy atom. The Morgan fingerprint density at radius 3 is 2.56 bits per heavy atom. The lowest BCUT2D eigenvalue weighted by Crippen LogP contribution is -2.35. The topological polar surface area (TPSA) is 100 Å². The lowest BCUT2D eigenvalue weighted by atomic mass is 9.93. The first-order valence-electron chi connectivity index (χ1n) is 11.4. The highest BCUT2D eigenvalue weighted by Gasteiger charge is 2.21. The van der Waals surface area contributed by atoms with Gasteiger partial charge in [-0.1, -0.05) is 23.7 Å². The van der Waals surface area contributed by atoms with Crippen LogP contribution in [0.5, 0.6) is 5.75 Å². The van der Waals surface area contributed by atoms with E-state index >= 15 is 0 Å². The molecule has 3 aromatic rings. The predicted molar refractivity (Wildman–Crippen MR) is 136 cm³/mol. The van der Waals surface area contributed by atoms with Gasteiger partial charge in [-0.2, -0.15) is 0 Å². The van der Waals surface area contributed by atoms with Crippen molar-refractivity contribution in [3.63, 3.8) is 0 Å². The maximum absolute atomic E-state index is 12.4. The Morgan fingerprint density at radius 2 is 1.82 bits per heavy atom. The second-order valence-corrected chi connectivity index (χ2v) is 8.77. The van der Waals surface area contributed by atoms with Gasteiger partial charge in [-0.15, -0.1) is 0 Å². The smallest absolute Gasteiger partial charge is 0.324 e. The summed E-state index contributed by atoms with van der Waals surface area (Å²) in [5.74, 6) is 2.32. The molecule has 178 valence electrons. The van der Waals surface area contributed by atoms with E-state index in [1.807, 2.05) is 43.3 Å². The van der Waals surface area contributed by atoms with Crippen molar-refractivity contribution in [2.24, 2.45) is 5.92 Å². The first-order chi connectivity index (χ1) is 16.5. The molecule has 8 nitrogen and oxygen atoms in total. The summed E-state index contributed by atoms with van der Waals surface area (Å²) in [4.78, 5) is 20.8. The number of piperidine rings is 1. The molecule has 4 N–H and O–H groups in total. The molecule has 1 unspecified atom stereocenters. The third kappa shape index (κ3) is 6.36. The number of rotatable bonds is 7. The van der Waals surface area contributed by atoms with E-state index in [1.54, 1.807) is 12.1 Å². The largest absolute Gasteiger partial charge is 0.490 e. The Bertz CT molecular complexity index is 1100. The van der Waals surface area contributed by atoms with Crippen LogP contribution in [0.4, 0.5) is 27.8 Å². The highest BCUT2D eigenvalue weighted by atomic mass is 35.5. The van der Waals surface area contributed by atoms with E-state index in [1.165, 1.54) is 6.33 Å². The number of ether oxygens (including phenoxy) is 1. The van der Waals surface area contributed by atoms with Crippen molar-refractivity contribution in [1.29, 1.82) is 0 Å². The number of benzene rings is 2. The van der Waals surface area contributed by atoms with Crippen molar-refractivity contribution in [3.05, 3.63) is 65.4 Å². The summed E-state index contributed by atoms with van der Waals surface area (Å²) in [6, 6.07) is 14.4. The molecule has 1 fully saturated rings. The molecule has 2 heterocycles. The first kappa shape index (κ1) is 23.8. The van der Waals surface area contributed by atoms with Crippen LogP contribution in [-0.2, 0) is 0 Å². The molecule has 0 spiro atoms. The average molecular weight is 481 g/mol. The summed E-state index contributed by atoms with van der Waals surface area (Å²) < 4.78 is 6.14. The van der Waals surface area contributed by atoms with Crippen molar-refractivity contribution in [2.45, 2.75) is 32.8 Å². The molecule has 0 saturated carbocycles. The van der Waals surface area contributed by atoms with Gasteiger partial charge in [-0.05, 0) is 81.6 Å². The van der Waals surface area contributed by atoms with E-state index in [2.05, 4.69) is 38.2 Å². The van der Waals surface area contributed by atoms with E-state index in [4.69, 9.17) is 16.3 Å². The molecule has 1 aromatic heterocycles. The minimum Gasteiger partial charge on any atom is -0.490 e. The number of aryl methyl sites for hydroxylation is 1. The minimum absolute atomic E-state index is 0.178. The van der Waals surface area contributed by atoms with Crippen molar-refractivity contribution in [1.82, 2.24) is 15.3 Å². The second kappa shape index (κ2) is 11.2. The fraction of sp³-hybridized carbons (Fsp3) is 0.320. The highest BCUT2D eigenvalue weighted by Crippen LogP contribution is 2.26. The number of aromatic nitrogens is 2. The monoisotopic (exact) mass is 480 g/mol. The molecular formula is C25H29ClN6O2. The van der Waals surface area contributed by atoms with Gasteiger partial charge in [0.2, 0.25) is 0 Å². The van der Waals surface area contributed by atoms with Gasteiger partial charge < -0.3 is 20.7 Å². The summed E-state index contributed by atoms with van der Waals surface area (Å²) in [6.07, 6.45) is 3.84. The maximum atomic E-state index is 12.4. The normalized spacial score (nSPS) is 14.8. The predicted octanol–water partition coefficient (Wildman–Crippen LogP) is 5.59. The van der Waals surface area contributed by atoms with E-state index in [0.29, 0.717) is 28.3 Å². The fourth-order valence-corrected chi connectivity index (χ4v) is 4.20. The zero-order valence-electron chi connectivity index (χ0n) is 19.3. The van der Waals surface area contributed by atoms with Crippen LogP contribution in [0, 0.1) is 12.8 Å². The quantitative estimate of drug-likeness (QED) is 0.351. The summed E-state index contributed by atoms with van der Waals surface area (Å²) in [7, 11) is 0. The number of amides is 2. The van der Waals surface area contributed by atoms with Gasteiger partial charge in [-0.25, -0.2) is 14.8 Å². The average Bonchev–Trinajstić information content (AvgIpc) is 2.83. The number of para-hydroxylation sites is 1. The SMILES string of the molecule is Cc1cccc(Cl)c1NC(=O)Nc1cc(Nc2ccc(OC(C)C3CCNCC3)cc2)ncn1. The molecule has 1 aliphatic rings. The molecule has 0 aliphatic carbocycles. The van der Waals surface area contributed by atoms with Gasteiger partial charge in [0.1, 0.15) is 23.7 Å². The van der Waals surface area contributed by atoms with Crippen LogP contribution in [0.15, 0.2) is 54.9 Å². The molecule has 0 radical (unpaired) electrons. The van der Waals surface area contributed by atoms with Crippen LogP contribution in [0.3, 0.4) is 0 Å². The lowest BCUT2D eigenvalue weighted by Gasteiger charge is -2.28. The zero-order chi connectivity index (χ0) is 23.9. The van der Waals surface area contributed by atoms with Crippen LogP contribution in [-0.4, -0.2) is 35.2 Å². The first-order valence-corrected chi connectivity index (χ1v) is 11.8. The summed E-state index contributed by atoms with van der Waals surface area (Å²) >= 11 is 6.18. The Kier molecular flexibility index (Phi) is 7.82. The van der Waals surface area contributed by atoms with E-state index in [9.17, 15) is 4.79 Å². The Hall–Kier alpha value is -3.36. The Labute approximate surface area is 204 Å². The molecule has 1 saturated heterocycles. The van der Waals surface area contributed by atoms with Crippen molar-refractivity contribution >= 4 is 40.6 Å². The molecule has 2 aromatic carbocycles. The molecular weight excluding hydrogens is 452 g/mol. The standard InChI is InChI=1S/C25H29ClN6O2/c1-16-4-3-5-21(26)24(16)32-25(33)31-23-14-22(28-15-29-23)30-19-6-8-20(9-7-19)34-17(2)18-10-12-27-13-11-18/h3-9,14-15,17-18,27H,10-13H2,1-2H3,(H3,28,29,30,31,32,33). The number of urea groups is 1. The fourth-order valence-electron chi connectivity index (χ4n) is 3.93. The van der Waals surface area contributed by atoms with Gasteiger partial charge in [-0.3, -0.25) is 5.32 Å². The maximum Gasteiger partial charge on any atom is 0.324 e. The second-order valence-electron chi connectivity index (χ2n) is 8.36. The van der Waals surface area contributed by atoms with Gasteiger partial charge in [0.05, 0.1) is 16.8 Å². The number of nitrogens with zero attached hydrogens (tertiary/aromatic N) is 2. The molecule has 1 atom stereocenters. The van der Waals surface area contributed by atoms with Crippen molar-refractivity contribution in [2.75, 3.05) is 29.0 Å². The van der Waals surface area contributed by atoms with E-state index in [0.717, 1.165) is 42.9 Å². The molecule has 0 bridgehead atoms. The van der Waals surface area contributed by atoms with Gasteiger partial charge >= 0.3 is 6.03 Å². The van der Waals surface area contributed by atoms with Crippen LogP contribution >= 0.6 is 11.6 Å². The minimum atomic E-state index is -0.440. The summed E-state index contributed by atoms with van der Waals surface area (Å²) in [5.41, 5.74) is 2.28. The van der Waals surface area contributed by atoms with E-state index in [-0.39, 0.29) is 6.10 Å². The van der Waals surface area contributed by atoms with Crippen molar-refractivity contribution < 1.29 is 9.53 Å². The number of hydrogen-bond acceptors (Lipinski definition) is 6. The number of hydrogen-bond donors (Lipinski definition) is 4. The number of nitrogens with one attached hydrogen (secondary N) is 4.